The van der Waals surface area contributed by atoms with Crippen molar-refractivity contribution in [3.8, 4) is 0 Å². The highest BCUT2D eigenvalue weighted by Crippen LogP contribution is 2.17. The number of para-hydroxylation sites is 1. The smallest absolute Gasteiger partial charge is 0.224 e. The van der Waals surface area contributed by atoms with Gasteiger partial charge in [-0.05, 0) is 26.3 Å². The van der Waals surface area contributed by atoms with Crippen LogP contribution in [-0.2, 0) is 17.8 Å². The number of aryl methyl sites for hydroxylation is 2. The summed E-state index contributed by atoms with van der Waals surface area (Å²) in [6, 6.07) is 7.21. The number of aliphatic hydroxyl groups is 1. The minimum atomic E-state index is -0.0969. The first-order chi connectivity index (χ1) is 9.61. The minimum absolute atomic E-state index is 0.0918. The van der Waals surface area contributed by atoms with E-state index in [1.807, 2.05) is 26.0 Å². The maximum absolute atomic E-state index is 12.0. The number of hydrogen-bond acceptors (Lipinski definition) is 4. The van der Waals surface area contributed by atoms with Crippen molar-refractivity contribution in [2.45, 2.75) is 33.3 Å². The lowest BCUT2D eigenvalue weighted by Gasteiger charge is -2.09. The second kappa shape index (κ2) is 6.34. The van der Waals surface area contributed by atoms with Gasteiger partial charge >= 0.3 is 0 Å². The molecule has 106 valence electrons. The van der Waals surface area contributed by atoms with Crippen LogP contribution in [0.1, 0.15) is 29.0 Å². The Bertz CT molecular complexity index is 585. The summed E-state index contributed by atoms with van der Waals surface area (Å²) in [6.07, 6.45) is 0.941. The van der Waals surface area contributed by atoms with E-state index in [9.17, 15) is 9.90 Å². The molecule has 1 aromatic heterocycles. The van der Waals surface area contributed by atoms with Crippen LogP contribution in [0.25, 0.3) is 0 Å². The van der Waals surface area contributed by atoms with E-state index in [-0.39, 0.29) is 12.5 Å². The monoisotopic (exact) mass is 274 g/mol. The molecule has 2 rings (SSSR count). The number of aromatic nitrogens is 1. The summed E-state index contributed by atoms with van der Waals surface area (Å²) in [6.45, 7) is 3.61. The summed E-state index contributed by atoms with van der Waals surface area (Å²) in [5, 5.41) is 15.9. The van der Waals surface area contributed by atoms with Gasteiger partial charge in [0.05, 0.1) is 12.3 Å². The molecule has 5 nitrogen and oxygen atoms in total. The van der Waals surface area contributed by atoms with Gasteiger partial charge in [-0.3, -0.25) is 4.79 Å². The number of rotatable bonds is 5. The van der Waals surface area contributed by atoms with Crippen molar-refractivity contribution >= 4 is 11.6 Å². The maximum Gasteiger partial charge on any atom is 0.224 e. The largest absolute Gasteiger partial charge is 0.392 e. The van der Waals surface area contributed by atoms with E-state index in [0.29, 0.717) is 24.1 Å². The fraction of sp³-hybridized carbons (Fsp3) is 0.333. The molecular formula is C15H18N2O3. The Labute approximate surface area is 117 Å². The molecule has 20 heavy (non-hydrogen) atoms. The summed E-state index contributed by atoms with van der Waals surface area (Å²) in [4.78, 5) is 12.0. The average Bonchev–Trinajstić information content (AvgIpc) is 2.76. The number of carbonyl (C=O) groups is 1. The van der Waals surface area contributed by atoms with Crippen LogP contribution in [0.4, 0.5) is 5.69 Å². The molecule has 0 atom stereocenters. The quantitative estimate of drug-likeness (QED) is 0.877. The summed E-state index contributed by atoms with van der Waals surface area (Å²) in [5.41, 5.74) is 3.17. The fourth-order valence-corrected chi connectivity index (χ4v) is 2.09. The van der Waals surface area contributed by atoms with Gasteiger partial charge in [-0.2, -0.15) is 0 Å². The first-order valence-electron chi connectivity index (χ1n) is 6.52. The fourth-order valence-electron chi connectivity index (χ4n) is 2.09. The molecule has 0 saturated carbocycles. The van der Waals surface area contributed by atoms with Crippen molar-refractivity contribution in [1.82, 2.24) is 5.16 Å². The van der Waals surface area contributed by atoms with Crippen LogP contribution in [0.2, 0.25) is 0 Å². The third kappa shape index (κ3) is 3.24. The third-order valence-corrected chi connectivity index (χ3v) is 3.25. The van der Waals surface area contributed by atoms with E-state index in [4.69, 9.17) is 4.52 Å². The summed E-state index contributed by atoms with van der Waals surface area (Å²) < 4.78 is 5.07. The Morgan fingerprint density at radius 3 is 2.75 bits per heavy atom. The van der Waals surface area contributed by atoms with Crippen LogP contribution in [-0.4, -0.2) is 16.2 Å². The van der Waals surface area contributed by atoms with E-state index in [1.54, 1.807) is 12.1 Å². The van der Waals surface area contributed by atoms with Crippen molar-refractivity contribution in [1.29, 1.82) is 0 Å². The van der Waals surface area contributed by atoms with E-state index < -0.39 is 0 Å². The first-order valence-corrected chi connectivity index (χ1v) is 6.52. The molecule has 1 aromatic carbocycles. The minimum Gasteiger partial charge on any atom is -0.392 e. The topological polar surface area (TPSA) is 75.4 Å². The normalized spacial score (nSPS) is 10.6. The number of anilines is 1. The van der Waals surface area contributed by atoms with Crippen molar-refractivity contribution in [2.24, 2.45) is 0 Å². The molecule has 0 saturated heterocycles. The number of hydrogen-bond donors (Lipinski definition) is 2. The average molecular weight is 274 g/mol. The Balaban J connectivity index is 1.96. The van der Waals surface area contributed by atoms with Gasteiger partial charge in [-0.25, -0.2) is 0 Å². The van der Waals surface area contributed by atoms with Gasteiger partial charge in [-0.1, -0.05) is 23.4 Å². The Kier molecular flexibility index (Phi) is 4.53. The highest BCUT2D eigenvalue weighted by Gasteiger charge is 2.12. The van der Waals surface area contributed by atoms with Gasteiger partial charge in [0.15, 0.2) is 0 Å². The number of aliphatic hydroxyl groups excluding tert-OH is 1. The van der Waals surface area contributed by atoms with Gasteiger partial charge in [0.2, 0.25) is 5.91 Å². The molecular weight excluding hydrogens is 256 g/mol. The van der Waals surface area contributed by atoms with Crippen LogP contribution in [0, 0.1) is 13.8 Å². The summed E-state index contributed by atoms with van der Waals surface area (Å²) in [5.74, 6) is 0.664. The number of benzene rings is 1. The molecule has 2 N–H and O–H groups in total. The number of nitrogens with zero attached hydrogens (tertiary/aromatic N) is 1. The molecule has 0 bridgehead atoms. The zero-order chi connectivity index (χ0) is 14.5. The second-order valence-corrected chi connectivity index (χ2v) is 4.67. The maximum atomic E-state index is 12.0. The van der Waals surface area contributed by atoms with E-state index in [0.717, 1.165) is 17.0 Å². The Morgan fingerprint density at radius 2 is 2.10 bits per heavy atom. The van der Waals surface area contributed by atoms with Crippen LogP contribution in [0.3, 0.4) is 0 Å². The number of carbonyl (C=O) groups excluding carboxylic acids is 1. The molecule has 0 fully saturated rings. The van der Waals surface area contributed by atoms with Gasteiger partial charge in [0.1, 0.15) is 5.76 Å². The molecule has 1 heterocycles. The SMILES string of the molecule is Cc1noc(C)c1CCC(=O)Nc1ccccc1CO. The highest BCUT2D eigenvalue weighted by atomic mass is 16.5. The van der Waals surface area contributed by atoms with Crippen LogP contribution < -0.4 is 5.32 Å². The predicted octanol–water partition coefficient (Wildman–Crippen LogP) is 2.36. The van der Waals surface area contributed by atoms with Crippen LogP contribution in [0.15, 0.2) is 28.8 Å². The molecule has 1 amide bonds. The van der Waals surface area contributed by atoms with E-state index >= 15 is 0 Å². The lowest BCUT2D eigenvalue weighted by atomic mass is 10.1. The molecule has 2 aromatic rings. The molecule has 0 aliphatic rings. The molecule has 5 heteroatoms. The Morgan fingerprint density at radius 1 is 1.35 bits per heavy atom. The Hall–Kier alpha value is -2.14. The number of nitrogens with one attached hydrogen (secondary N) is 1. The summed E-state index contributed by atoms with van der Waals surface area (Å²) >= 11 is 0. The lowest BCUT2D eigenvalue weighted by Crippen LogP contribution is -2.14. The molecule has 0 radical (unpaired) electrons. The lowest BCUT2D eigenvalue weighted by molar-refractivity contribution is -0.116. The van der Waals surface area contributed by atoms with Crippen molar-refractivity contribution in [3.05, 3.63) is 46.8 Å². The van der Waals surface area contributed by atoms with Crippen LogP contribution in [0.5, 0.6) is 0 Å². The molecule has 0 aliphatic heterocycles. The zero-order valence-electron chi connectivity index (χ0n) is 11.6. The van der Waals surface area contributed by atoms with E-state index in [1.165, 1.54) is 0 Å². The standard InChI is InChI=1S/C15H18N2O3/c1-10-13(11(2)20-17-10)7-8-15(19)16-14-6-4-3-5-12(14)9-18/h3-6,18H,7-9H2,1-2H3,(H,16,19). The van der Waals surface area contributed by atoms with Gasteiger partial charge in [-0.15, -0.1) is 0 Å². The zero-order valence-corrected chi connectivity index (χ0v) is 11.6. The van der Waals surface area contributed by atoms with Crippen molar-refractivity contribution in [2.75, 3.05) is 5.32 Å². The van der Waals surface area contributed by atoms with Crippen molar-refractivity contribution in [3.63, 3.8) is 0 Å². The second-order valence-electron chi connectivity index (χ2n) is 4.67. The molecule has 0 unspecified atom stereocenters. The van der Waals surface area contributed by atoms with Crippen molar-refractivity contribution < 1.29 is 14.4 Å². The van der Waals surface area contributed by atoms with Gasteiger partial charge < -0.3 is 14.9 Å². The first kappa shape index (κ1) is 14.3. The van der Waals surface area contributed by atoms with E-state index in [2.05, 4.69) is 10.5 Å². The number of amides is 1. The predicted molar refractivity (Wildman–Crippen MR) is 75.3 cm³/mol. The highest BCUT2D eigenvalue weighted by molar-refractivity contribution is 5.91. The molecule has 0 aliphatic carbocycles. The van der Waals surface area contributed by atoms with Crippen LogP contribution >= 0.6 is 0 Å². The summed E-state index contributed by atoms with van der Waals surface area (Å²) in [7, 11) is 0. The van der Waals surface area contributed by atoms with Gasteiger partial charge in [0, 0.05) is 23.2 Å². The molecule has 0 spiro atoms. The van der Waals surface area contributed by atoms with Gasteiger partial charge in [0.25, 0.3) is 0 Å². The third-order valence-electron chi connectivity index (χ3n) is 3.25.